The van der Waals surface area contributed by atoms with Gasteiger partial charge in [-0.05, 0) is 25.7 Å². The first-order chi connectivity index (χ1) is 9.74. The molecule has 0 unspecified atom stereocenters. The first-order valence-electron chi connectivity index (χ1n) is 8.56. The van der Waals surface area contributed by atoms with Crippen LogP contribution in [0.5, 0.6) is 0 Å². The summed E-state index contributed by atoms with van der Waals surface area (Å²) in [5, 5.41) is 0. The summed E-state index contributed by atoms with van der Waals surface area (Å²) < 4.78 is 18.4. The molecule has 0 bridgehead atoms. The molecule has 0 aromatic heterocycles. The minimum atomic E-state index is -2.10. The molecule has 0 N–H and O–H groups in total. The molecular weight excluding hydrogens is 271 g/mol. The molecule has 20 heavy (non-hydrogen) atoms. The van der Waals surface area contributed by atoms with Gasteiger partial charge in [0.15, 0.2) is 0 Å². The van der Waals surface area contributed by atoms with Crippen LogP contribution < -0.4 is 0 Å². The minimum Gasteiger partial charge on any atom is -0.178 e. The van der Waals surface area contributed by atoms with Crippen LogP contribution in [0.25, 0.3) is 0 Å². The molecule has 4 heteroatoms. The molecule has 0 fully saturated rings. The fourth-order valence-electron chi connectivity index (χ4n) is 1.70. The molecule has 0 radical (unpaired) electrons. The van der Waals surface area contributed by atoms with Gasteiger partial charge in [0.2, 0.25) is 0 Å². The fraction of sp³-hybridized carbons (Fsp3) is 1.00. The topological polar surface area (TPSA) is 27.7 Å². The third kappa shape index (κ3) is 10.1. The molecule has 0 aromatic rings. The second-order valence-corrected chi connectivity index (χ2v) is 7.69. The second kappa shape index (κ2) is 14.3. The van der Waals surface area contributed by atoms with Crippen molar-refractivity contribution in [2.24, 2.45) is 0 Å². The molecule has 0 rings (SSSR count). The van der Waals surface area contributed by atoms with Gasteiger partial charge in [-0.2, -0.15) is 13.6 Å². The fourth-order valence-corrected chi connectivity index (χ4v) is 4.24. The zero-order chi connectivity index (χ0) is 15.1. The highest BCUT2D eigenvalue weighted by atomic mass is 31.2. The van der Waals surface area contributed by atoms with Gasteiger partial charge in [0.1, 0.15) is 6.16 Å². The predicted molar refractivity (Wildman–Crippen MR) is 89.3 cm³/mol. The van der Waals surface area contributed by atoms with Crippen molar-refractivity contribution < 1.29 is 13.6 Å². The summed E-state index contributed by atoms with van der Waals surface area (Å²) in [6.45, 7) is 11.1. The SMILES string of the molecule is CCCCO[P+](CCCC)(OCCCC)OCCCC. The third-order valence-corrected chi connectivity index (χ3v) is 5.74. The Kier molecular flexibility index (Phi) is 14.5. The smallest absolute Gasteiger partial charge is 0.178 e. The molecule has 0 saturated heterocycles. The molecule has 0 aromatic carbocycles. The van der Waals surface area contributed by atoms with Crippen LogP contribution in [0.15, 0.2) is 0 Å². The second-order valence-electron chi connectivity index (χ2n) is 5.25. The van der Waals surface area contributed by atoms with Gasteiger partial charge in [0.05, 0.1) is 19.8 Å². The van der Waals surface area contributed by atoms with E-state index >= 15 is 0 Å². The molecule has 0 atom stereocenters. The van der Waals surface area contributed by atoms with Gasteiger partial charge in [-0.25, -0.2) is 0 Å². The van der Waals surface area contributed by atoms with Crippen LogP contribution in [0.3, 0.4) is 0 Å². The lowest BCUT2D eigenvalue weighted by atomic mass is 10.4. The summed E-state index contributed by atoms with van der Waals surface area (Å²) in [6.07, 6.45) is 9.94. The van der Waals surface area contributed by atoms with Crippen molar-refractivity contribution in [3.8, 4) is 0 Å². The van der Waals surface area contributed by atoms with Crippen molar-refractivity contribution in [2.45, 2.75) is 79.1 Å². The lowest BCUT2D eigenvalue weighted by Crippen LogP contribution is -2.13. The van der Waals surface area contributed by atoms with Gasteiger partial charge in [-0.15, -0.1) is 0 Å². The Labute approximate surface area is 127 Å². The Hall–Kier alpha value is 0.310. The van der Waals surface area contributed by atoms with Crippen LogP contribution in [0.4, 0.5) is 0 Å². The highest BCUT2D eigenvalue weighted by molar-refractivity contribution is 7.61. The zero-order valence-corrected chi connectivity index (χ0v) is 15.1. The first kappa shape index (κ1) is 20.3. The zero-order valence-electron chi connectivity index (χ0n) is 14.2. The van der Waals surface area contributed by atoms with E-state index in [2.05, 4.69) is 27.7 Å². The maximum absolute atomic E-state index is 6.13. The Balaban J connectivity index is 4.48. The van der Waals surface area contributed by atoms with Crippen LogP contribution in [0.2, 0.25) is 0 Å². The monoisotopic (exact) mass is 307 g/mol. The Bertz CT molecular complexity index is 174. The van der Waals surface area contributed by atoms with Crippen molar-refractivity contribution >= 4 is 7.94 Å². The molecule has 0 aliphatic rings. The quantitative estimate of drug-likeness (QED) is 0.274. The van der Waals surface area contributed by atoms with Crippen molar-refractivity contribution in [1.82, 2.24) is 0 Å². The molecular formula is C16H36O3P+. The van der Waals surface area contributed by atoms with Gasteiger partial charge in [-0.3, -0.25) is 0 Å². The van der Waals surface area contributed by atoms with E-state index in [-0.39, 0.29) is 0 Å². The Morgan fingerprint density at radius 2 is 0.900 bits per heavy atom. The molecule has 0 aliphatic heterocycles. The van der Waals surface area contributed by atoms with Crippen LogP contribution in [-0.4, -0.2) is 26.0 Å². The summed E-state index contributed by atoms with van der Waals surface area (Å²) in [6, 6.07) is 0. The molecule has 0 spiro atoms. The summed E-state index contributed by atoms with van der Waals surface area (Å²) >= 11 is 0. The Morgan fingerprint density at radius 1 is 0.550 bits per heavy atom. The predicted octanol–water partition coefficient (Wildman–Crippen LogP) is 6.00. The lowest BCUT2D eigenvalue weighted by Gasteiger charge is -2.22. The number of hydrogen-bond donors (Lipinski definition) is 0. The summed E-state index contributed by atoms with van der Waals surface area (Å²) in [5.74, 6) is 0. The maximum atomic E-state index is 6.13. The van der Waals surface area contributed by atoms with E-state index in [1.807, 2.05) is 0 Å². The average Bonchev–Trinajstić information content (AvgIpc) is 2.46. The van der Waals surface area contributed by atoms with E-state index in [0.717, 1.165) is 77.3 Å². The van der Waals surface area contributed by atoms with Crippen molar-refractivity contribution in [1.29, 1.82) is 0 Å². The van der Waals surface area contributed by atoms with Crippen LogP contribution in [0, 0.1) is 0 Å². The number of rotatable bonds is 15. The third-order valence-electron chi connectivity index (χ3n) is 3.14. The van der Waals surface area contributed by atoms with Crippen LogP contribution >= 0.6 is 7.94 Å². The van der Waals surface area contributed by atoms with Gasteiger partial charge in [-0.1, -0.05) is 53.4 Å². The van der Waals surface area contributed by atoms with E-state index in [1.165, 1.54) is 0 Å². The molecule has 3 nitrogen and oxygen atoms in total. The van der Waals surface area contributed by atoms with E-state index in [0.29, 0.717) is 0 Å². The van der Waals surface area contributed by atoms with Crippen molar-refractivity contribution in [3.63, 3.8) is 0 Å². The van der Waals surface area contributed by atoms with E-state index < -0.39 is 7.94 Å². The van der Waals surface area contributed by atoms with Gasteiger partial charge in [0, 0.05) is 0 Å². The van der Waals surface area contributed by atoms with E-state index in [1.54, 1.807) is 0 Å². The largest absolute Gasteiger partial charge is 0.411 e. The molecule has 0 aliphatic carbocycles. The lowest BCUT2D eigenvalue weighted by molar-refractivity contribution is 0.131. The highest BCUT2D eigenvalue weighted by Crippen LogP contribution is 2.63. The van der Waals surface area contributed by atoms with Crippen LogP contribution in [0.1, 0.15) is 79.1 Å². The van der Waals surface area contributed by atoms with Crippen molar-refractivity contribution in [3.05, 3.63) is 0 Å². The van der Waals surface area contributed by atoms with Crippen molar-refractivity contribution in [2.75, 3.05) is 26.0 Å². The van der Waals surface area contributed by atoms with E-state index in [9.17, 15) is 0 Å². The van der Waals surface area contributed by atoms with Gasteiger partial charge >= 0.3 is 7.94 Å². The minimum absolute atomic E-state index is 0.770. The number of hydrogen-bond acceptors (Lipinski definition) is 3. The maximum Gasteiger partial charge on any atom is 0.411 e. The molecule has 122 valence electrons. The summed E-state index contributed by atoms with van der Waals surface area (Å²) in [7, 11) is -2.10. The summed E-state index contributed by atoms with van der Waals surface area (Å²) in [4.78, 5) is 0. The average molecular weight is 307 g/mol. The normalized spacial score (nSPS) is 12.0. The molecule has 0 heterocycles. The van der Waals surface area contributed by atoms with Gasteiger partial charge in [0.25, 0.3) is 0 Å². The highest BCUT2D eigenvalue weighted by Gasteiger charge is 2.44. The standard InChI is InChI=1S/C16H36O3P/c1-5-9-13-17-20(16-12-8-4,18-14-10-6-2)19-15-11-7-3/h5-16H2,1-4H3/q+1. The van der Waals surface area contributed by atoms with Crippen LogP contribution in [-0.2, 0) is 13.6 Å². The Morgan fingerprint density at radius 3 is 1.20 bits per heavy atom. The van der Waals surface area contributed by atoms with E-state index in [4.69, 9.17) is 13.6 Å². The van der Waals surface area contributed by atoms with Gasteiger partial charge < -0.3 is 0 Å². The summed E-state index contributed by atoms with van der Waals surface area (Å²) in [5.41, 5.74) is 0. The first-order valence-corrected chi connectivity index (χ1v) is 10.3. The number of unbranched alkanes of at least 4 members (excludes halogenated alkanes) is 4. The molecule has 0 amide bonds. The molecule has 0 saturated carbocycles.